The van der Waals surface area contributed by atoms with Crippen LogP contribution in [0.2, 0.25) is 0 Å². The number of rotatable bonds is 11. The number of nitrogens with zero attached hydrogens (tertiary/aromatic N) is 1. The lowest BCUT2D eigenvalue weighted by Gasteiger charge is -2.30. The first-order valence-corrected chi connectivity index (χ1v) is 13.4. The van der Waals surface area contributed by atoms with Gasteiger partial charge in [0.25, 0.3) is 5.91 Å². The number of aromatic nitrogens is 1. The third kappa shape index (κ3) is 6.54. The number of benzene rings is 2. The Kier molecular flexibility index (Phi) is 9.14. The van der Waals surface area contributed by atoms with Crippen molar-refractivity contribution in [3.63, 3.8) is 0 Å². The molecule has 4 atom stereocenters. The predicted molar refractivity (Wildman–Crippen MR) is 148 cm³/mol. The van der Waals surface area contributed by atoms with Gasteiger partial charge >= 0.3 is 0 Å². The summed E-state index contributed by atoms with van der Waals surface area (Å²) in [5.74, 6) is -1.37. The van der Waals surface area contributed by atoms with Crippen molar-refractivity contribution in [3.8, 4) is 0 Å². The maximum absolute atomic E-state index is 13.9. The van der Waals surface area contributed by atoms with Gasteiger partial charge in [0, 0.05) is 30.1 Å². The molecular weight excluding hydrogens is 496 g/mol. The lowest BCUT2D eigenvalue weighted by Crippen LogP contribution is -2.56. The molecule has 0 unspecified atom stereocenters. The summed E-state index contributed by atoms with van der Waals surface area (Å²) in [6.07, 6.45) is 2.69. The van der Waals surface area contributed by atoms with Gasteiger partial charge < -0.3 is 30.0 Å². The monoisotopic (exact) mass is 532 g/mol. The highest BCUT2D eigenvalue weighted by Gasteiger charge is 2.43. The Bertz CT molecular complexity index is 1300. The molecule has 0 bridgehead atoms. The van der Waals surface area contributed by atoms with Crippen LogP contribution in [-0.4, -0.2) is 64.7 Å². The van der Waals surface area contributed by atoms with Crippen molar-refractivity contribution in [2.45, 2.75) is 64.4 Å². The van der Waals surface area contributed by atoms with E-state index >= 15 is 0 Å². The van der Waals surface area contributed by atoms with Crippen LogP contribution in [0, 0.1) is 5.92 Å². The summed E-state index contributed by atoms with van der Waals surface area (Å²) >= 11 is 0. The number of nitrogens with one attached hydrogen (secondary N) is 3. The third-order valence-electron chi connectivity index (χ3n) is 7.16. The largest absolute Gasteiger partial charge is 0.372 e. The first-order chi connectivity index (χ1) is 18.8. The quantitative estimate of drug-likeness (QED) is 0.328. The smallest absolute Gasteiger partial charge is 0.254 e. The van der Waals surface area contributed by atoms with Crippen molar-refractivity contribution >= 4 is 34.9 Å². The van der Waals surface area contributed by atoms with E-state index in [-0.39, 0.29) is 30.4 Å². The maximum Gasteiger partial charge on any atom is 0.254 e. The number of fused-ring (bicyclic) bond motifs is 1. The molecule has 3 N–H and O–H groups in total. The van der Waals surface area contributed by atoms with Crippen LogP contribution >= 0.6 is 0 Å². The molecule has 1 aliphatic heterocycles. The van der Waals surface area contributed by atoms with Gasteiger partial charge in [-0.3, -0.25) is 14.4 Å². The predicted octanol–water partition coefficient (Wildman–Crippen LogP) is 3.20. The zero-order valence-corrected chi connectivity index (χ0v) is 22.6. The second-order valence-corrected chi connectivity index (χ2v) is 10.3. The summed E-state index contributed by atoms with van der Waals surface area (Å²) in [5, 5.41) is 6.41. The molecule has 2 heterocycles. The maximum atomic E-state index is 13.9. The lowest BCUT2D eigenvalue weighted by molar-refractivity contribution is -0.141. The Balaban J connectivity index is 1.53. The molecule has 9 nitrogen and oxygen atoms in total. The van der Waals surface area contributed by atoms with Gasteiger partial charge in [0.1, 0.15) is 18.4 Å². The Morgan fingerprint density at radius 2 is 1.79 bits per heavy atom. The average molecular weight is 533 g/mol. The summed E-state index contributed by atoms with van der Waals surface area (Å²) in [6, 6.07) is 14.8. The number of aldehydes is 1. The van der Waals surface area contributed by atoms with Crippen molar-refractivity contribution in [2.24, 2.45) is 5.92 Å². The van der Waals surface area contributed by atoms with E-state index in [1.165, 1.54) is 4.90 Å². The Morgan fingerprint density at radius 3 is 2.49 bits per heavy atom. The molecule has 9 heteroatoms. The molecule has 2 aromatic carbocycles. The van der Waals surface area contributed by atoms with Gasteiger partial charge in [-0.25, -0.2) is 0 Å². The molecule has 1 aliphatic rings. The molecule has 1 aromatic heterocycles. The lowest BCUT2D eigenvalue weighted by atomic mass is 10.0. The molecule has 4 rings (SSSR count). The van der Waals surface area contributed by atoms with E-state index in [1.807, 2.05) is 68.4 Å². The number of likely N-dealkylation sites (tertiary alicyclic amines) is 1. The fourth-order valence-electron chi connectivity index (χ4n) is 4.88. The molecule has 3 amide bonds. The second kappa shape index (κ2) is 12.7. The van der Waals surface area contributed by atoms with Crippen LogP contribution in [-0.2, 0) is 25.7 Å². The Morgan fingerprint density at radius 1 is 1.08 bits per heavy atom. The van der Waals surface area contributed by atoms with Gasteiger partial charge in [-0.2, -0.15) is 0 Å². The molecule has 0 radical (unpaired) electrons. The Hall–Kier alpha value is -3.98. The van der Waals surface area contributed by atoms with Crippen LogP contribution in [0.3, 0.4) is 0 Å². The minimum absolute atomic E-state index is 0.202. The van der Waals surface area contributed by atoms with E-state index in [0.717, 1.165) is 16.5 Å². The van der Waals surface area contributed by atoms with Crippen LogP contribution < -0.4 is 10.6 Å². The Labute approximate surface area is 228 Å². The first kappa shape index (κ1) is 28.0. The highest BCUT2D eigenvalue weighted by molar-refractivity contribution is 6.08. The SMILES string of the molecule is CC[C@@H](C=O)NC(=O)[C@@H]1C[C@@H](OCc2ccccc2)CN1C(=O)[C@@H](NC(=O)c1c[nH]c2ccccc12)C(C)C. The van der Waals surface area contributed by atoms with Gasteiger partial charge in [-0.1, -0.05) is 69.3 Å². The van der Waals surface area contributed by atoms with Crippen LogP contribution in [0.5, 0.6) is 0 Å². The molecule has 39 heavy (non-hydrogen) atoms. The standard InChI is InChI=1S/C30H36N4O5/c1-4-21(17-35)32-29(37)26-14-22(39-18-20-10-6-5-7-11-20)16-34(26)30(38)27(19(2)3)33-28(36)24-15-31-25-13-9-8-12-23(24)25/h5-13,15,17,19,21-22,26-27,31H,4,14,16,18H2,1-3H3,(H,32,37)(H,33,36)/t21-,22+,26-,27-/m0/s1. The molecule has 1 saturated heterocycles. The topological polar surface area (TPSA) is 121 Å². The number of amides is 3. The van der Waals surface area contributed by atoms with E-state index in [4.69, 9.17) is 4.74 Å². The van der Waals surface area contributed by atoms with Gasteiger partial charge in [-0.15, -0.1) is 0 Å². The van der Waals surface area contributed by atoms with E-state index < -0.39 is 24.0 Å². The highest BCUT2D eigenvalue weighted by atomic mass is 16.5. The second-order valence-electron chi connectivity index (χ2n) is 10.3. The minimum atomic E-state index is -0.859. The molecule has 206 valence electrons. The summed E-state index contributed by atoms with van der Waals surface area (Å²) in [6.45, 7) is 6.06. The number of aromatic amines is 1. The number of hydrogen-bond acceptors (Lipinski definition) is 5. The van der Waals surface area contributed by atoms with Crippen LogP contribution in [0.15, 0.2) is 60.8 Å². The van der Waals surface area contributed by atoms with Crippen LogP contribution in [0.4, 0.5) is 0 Å². The number of carbonyl (C=O) groups excluding carboxylic acids is 4. The molecular formula is C30H36N4O5. The van der Waals surface area contributed by atoms with Crippen molar-refractivity contribution in [2.75, 3.05) is 6.54 Å². The van der Waals surface area contributed by atoms with Crippen LogP contribution in [0.25, 0.3) is 10.9 Å². The fraction of sp³-hybridized carbons (Fsp3) is 0.400. The number of para-hydroxylation sites is 1. The van der Waals surface area contributed by atoms with Gasteiger partial charge in [0.15, 0.2) is 0 Å². The van der Waals surface area contributed by atoms with E-state index in [9.17, 15) is 19.2 Å². The molecule has 0 saturated carbocycles. The van der Waals surface area contributed by atoms with Gasteiger partial charge in [0.2, 0.25) is 11.8 Å². The summed E-state index contributed by atoms with van der Waals surface area (Å²) in [7, 11) is 0. The number of ether oxygens (including phenoxy) is 1. The number of hydrogen-bond donors (Lipinski definition) is 3. The van der Waals surface area contributed by atoms with E-state index in [0.29, 0.717) is 31.3 Å². The molecule has 3 aromatic rings. The number of H-pyrrole nitrogens is 1. The fourth-order valence-corrected chi connectivity index (χ4v) is 4.88. The minimum Gasteiger partial charge on any atom is -0.372 e. The van der Waals surface area contributed by atoms with Crippen molar-refractivity contribution in [3.05, 3.63) is 71.9 Å². The van der Waals surface area contributed by atoms with Gasteiger partial charge in [-0.05, 0) is 24.0 Å². The summed E-state index contributed by atoms with van der Waals surface area (Å²) in [4.78, 5) is 56.4. The van der Waals surface area contributed by atoms with E-state index in [1.54, 1.807) is 13.1 Å². The third-order valence-corrected chi connectivity index (χ3v) is 7.16. The molecule has 0 aliphatic carbocycles. The van der Waals surface area contributed by atoms with Gasteiger partial charge in [0.05, 0.1) is 24.3 Å². The normalized spacial score (nSPS) is 18.6. The highest BCUT2D eigenvalue weighted by Crippen LogP contribution is 2.25. The average Bonchev–Trinajstić information content (AvgIpc) is 3.58. The zero-order valence-electron chi connectivity index (χ0n) is 22.6. The van der Waals surface area contributed by atoms with E-state index in [2.05, 4.69) is 15.6 Å². The summed E-state index contributed by atoms with van der Waals surface area (Å²) in [5.41, 5.74) is 2.26. The van der Waals surface area contributed by atoms with Crippen molar-refractivity contribution < 1.29 is 23.9 Å². The first-order valence-electron chi connectivity index (χ1n) is 13.4. The van der Waals surface area contributed by atoms with Crippen molar-refractivity contribution in [1.29, 1.82) is 0 Å². The van der Waals surface area contributed by atoms with Crippen molar-refractivity contribution in [1.82, 2.24) is 20.5 Å². The zero-order chi connectivity index (χ0) is 27.9. The summed E-state index contributed by atoms with van der Waals surface area (Å²) < 4.78 is 6.10. The number of carbonyl (C=O) groups is 4. The van der Waals surface area contributed by atoms with Crippen LogP contribution in [0.1, 0.15) is 49.5 Å². The molecule has 0 spiro atoms. The molecule has 1 fully saturated rings.